The van der Waals surface area contributed by atoms with Crippen LogP contribution in [0.2, 0.25) is 0 Å². The highest BCUT2D eigenvalue weighted by Gasteiger charge is 2.09. The minimum Gasteiger partial charge on any atom is -0.347 e. The van der Waals surface area contributed by atoms with Gasteiger partial charge in [-0.25, -0.2) is 4.98 Å². The maximum absolute atomic E-state index is 12.0. The van der Waals surface area contributed by atoms with E-state index in [9.17, 15) is 4.79 Å². The molecular weight excluding hydrogens is 270 g/mol. The summed E-state index contributed by atoms with van der Waals surface area (Å²) in [6, 6.07) is 8.26. The van der Waals surface area contributed by atoms with Gasteiger partial charge in [-0.15, -0.1) is 11.3 Å². The van der Waals surface area contributed by atoms with Gasteiger partial charge < -0.3 is 11.1 Å². The largest absolute Gasteiger partial charge is 0.347 e. The fraction of sp³-hybridized carbons (Fsp3) is 0.333. The minimum absolute atomic E-state index is 0.135. The summed E-state index contributed by atoms with van der Waals surface area (Å²) in [5, 5.41) is 5.57. The molecule has 1 heterocycles. The summed E-state index contributed by atoms with van der Waals surface area (Å²) in [5.74, 6) is -0.135. The van der Waals surface area contributed by atoms with Crippen LogP contribution in [0, 0.1) is 0 Å². The molecule has 4 nitrogen and oxygen atoms in total. The summed E-state index contributed by atoms with van der Waals surface area (Å²) in [6.45, 7) is 3.20. The standard InChI is InChI=1S/C15H19N3OS/c1-2-11-3-5-12(6-4-11)9-17-15(19)13-10-20-14(18-13)7-8-16/h3-6,10H,2,7-9,16H2,1H3,(H,17,19). The van der Waals surface area contributed by atoms with E-state index in [2.05, 4.69) is 29.4 Å². The summed E-state index contributed by atoms with van der Waals surface area (Å²) in [5.41, 5.74) is 8.33. The molecule has 106 valence electrons. The summed E-state index contributed by atoms with van der Waals surface area (Å²) in [4.78, 5) is 16.2. The highest BCUT2D eigenvalue weighted by molar-refractivity contribution is 7.09. The van der Waals surface area contributed by atoms with Gasteiger partial charge >= 0.3 is 0 Å². The third-order valence-electron chi connectivity index (χ3n) is 3.03. The lowest BCUT2D eigenvalue weighted by Crippen LogP contribution is -2.23. The average Bonchev–Trinajstić information content (AvgIpc) is 2.94. The third-order valence-corrected chi connectivity index (χ3v) is 3.94. The third kappa shape index (κ3) is 3.88. The van der Waals surface area contributed by atoms with Crippen molar-refractivity contribution < 1.29 is 4.79 Å². The number of amides is 1. The van der Waals surface area contributed by atoms with Gasteiger partial charge in [0.15, 0.2) is 0 Å². The van der Waals surface area contributed by atoms with E-state index in [1.807, 2.05) is 12.1 Å². The number of aryl methyl sites for hydroxylation is 1. The lowest BCUT2D eigenvalue weighted by molar-refractivity contribution is 0.0946. The molecule has 0 unspecified atom stereocenters. The first-order valence-electron chi connectivity index (χ1n) is 6.73. The van der Waals surface area contributed by atoms with E-state index < -0.39 is 0 Å². The van der Waals surface area contributed by atoms with Crippen molar-refractivity contribution in [3.63, 3.8) is 0 Å². The molecule has 2 rings (SSSR count). The molecule has 0 saturated carbocycles. The normalized spacial score (nSPS) is 10.5. The minimum atomic E-state index is -0.135. The van der Waals surface area contributed by atoms with Crippen LogP contribution in [0.15, 0.2) is 29.6 Å². The molecule has 1 amide bonds. The zero-order valence-corrected chi connectivity index (χ0v) is 12.4. The Morgan fingerprint density at radius 2 is 2.00 bits per heavy atom. The lowest BCUT2D eigenvalue weighted by atomic mass is 10.1. The predicted octanol–water partition coefficient (Wildman–Crippen LogP) is 2.14. The molecule has 0 saturated heterocycles. The highest BCUT2D eigenvalue weighted by atomic mass is 32.1. The molecule has 1 aromatic heterocycles. The molecule has 0 fully saturated rings. The van der Waals surface area contributed by atoms with Crippen LogP contribution in [-0.4, -0.2) is 17.4 Å². The Morgan fingerprint density at radius 3 is 2.65 bits per heavy atom. The molecule has 0 aliphatic rings. The van der Waals surface area contributed by atoms with Crippen molar-refractivity contribution in [1.82, 2.24) is 10.3 Å². The van der Waals surface area contributed by atoms with Gasteiger partial charge in [0.2, 0.25) is 0 Å². The van der Waals surface area contributed by atoms with Gasteiger partial charge in [-0.2, -0.15) is 0 Å². The Bertz CT molecular complexity index is 563. The van der Waals surface area contributed by atoms with Crippen molar-refractivity contribution in [3.05, 3.63) is 51.5 Å². The van der Waals surface area contributed by atoms with E-state index >= 15 is 0 Å². The molecule has 0 atom stereocenters. The Morgan fingerprint density at radius 1 is 1.30 bits per heavy atom. The molecule has 2 aromatic rings. The molecule has 0 aliphatic carbocycles. The zero-order valence-electron chi connectivity index (χ0n) is 11.6. The summed E-state index contributed by atoms with van der Waals surface area (Å²) in [7, 11) is 0. The fourth-order valence-corrected chi connectivity index (χ4v) is 2.61. The van der Waals surface area contributed by atoms with Gasteiger partial charge in [0.25, 0.3) is 5.91 Å². The van der Waals surface area contributed by atoms with Crippen LogP contribution in [0.1, 0.15) is 33.5 Å². The number of thiazole rings is 1. The molecule has 5 heteroatoms. The number of carbonyl (C=O) groups is 1. The van der Waals surface area contributed by atoms with E-state index in [1.54, 1.807) is 5.38 Å². The van der Waals surface area contributed by atoms with Gasteiger partial charge in [-0.3, -0.25) is 4.79 Å². The molecule has 0 spiro atoms. The zero-order chi connectivity index (χ0) is 14.4. The van der Waals surface area contributed by atoms with Crippen molar-refractivity contribution in [2.45, 2.75) is 26.3 Å². The molecule has 0 aliphatic heterocycles. The van der Waals surface area contributed by atoms with Crippen molar-refractivity contribution in [1.29, 1.82) is 0 Å². The first-order chi connectivity index (χ1) is 9.72. The molecule has 0 radical (unpaired) electrons. The topological polar surface area (TPSA) is 68.0 Å². The van der Waals surface area contributed by atoms with Crippen LogP contribution in [0.4, 0.5) is 0 Å². The molecule has 1 aromatic carbocycles. The maximum Gasteiger partial charge on any atom is 0.271 e. The SMILES string of the molecule is CCc1ccc(CNC(=O)c2csc(CCN)n2)cc1. The Kier molecular flexibility index (Phi) is 5.26. The molecule has 3 N–H and O–H groups in total. The molecule has 0 bridgehead atoms. The van der Waals surface area contributed by atoms with Gasteiger partial charge in [0.05, 0.1) is 5.01 Å². The van der Waals surface area contributed by atoms with Crippen LogP contribution < -0.4 is 11.1 Å². The van der Waals surface area contributed by atoms with Crippen LogP contribution in [0.25, 0.3) is 0 Å². The van der Waals surface area contributed by atoms with Gasteiger partial charge in [0.1, 0.15) is 5.69 Å². The number of aromatic nitrogens is 1. The van der Waals surface area contributed by atoms with Gasteiger partial charge in [-0.05, 0) is 24.1 Å². The van der Waals surface area contributed by atoms with Crippen LogP contribution >= 0.6 is 11.3 Å². The molecular formula is C15H19N3OS. The highest BCUT2D eigenvalue weighted by Crippen LogP contribution is 2.10. The second-order valence-corrected chi connectivity index (χ2v) is 5.46. The monoisotopic (exact) mass is 289 g/mol. The smallest absolute Gasteiger partial charge is 0.271 e. The van der Waals surface area contributed by atoms with E-state index in [4.69, 9.17) is 5.73 Å². The van der Waals surface area contributed by atoms with Crippen LogP contribution in [0.5, 0.6) is 0 Å². The van der Waals surface area contributed by atoms with Gasteiger partial charge in [-0.1, -0.05) is 31.2 Å². The molecule has 20 heavy (non-hydrogen) atoms. The number of benzene rings is 1. The number of nitrogens with one attached hydrogen (secondary N) is 1. The number of nitrogens with zero attached hydrogens (tertiary/aromatic N) is 1. The summed E-state index contributed by atoms with van der Waals surface area (Å²) in [6.07, 6.45) is 1.74. The number of hydrogen-bond donors (Lipinski definition) is 2. The number of carbonyl (C=O) groups excluding carboxylic acids is 1. The van der Waals surface area contributed by atoms with Crippen LogP contribution in [0.3, 0.4) is 0 Å². The summed E-state index contributed by atoms with van der Waals surface area (Å²) >= 11 is 1.48. The van der Waals surface area contributed by atoms with Crippen molar-refractivity contribution in [3.8, 4) is 0 Å². The van der Waals surface area contributed by atoms with E-state index in [-0.39, 0.29) is 5.91 Å². The Hall–Kier alpha value is -1.72. The second kappa shape index (κ2) is 7.17. The van der Waals surface area contributed by atoms with Crippen molar-refractivity contribution >= 4 is 17.2 Å². The quantitative estimate of drug-likeness (QED) is 0.856. The number of hydrogen-bond acceptors (Lipinski definition) is 4. The predicted molar refractivity (Wildman–Crippen MR) is 81.9 cm³/mol. The fourth-order valence-electron chi connectivity index (χ4n) is 1.82. The Labute approximate surface area is 123 Å². The van der Waals surface area contributed by atoms with E-state index in [0.29, 0.717) is 18.8 Å². The van der Waals surface area contributed by atoms with Crippen molar-refractivity contribution in [2.75, 3.05) is 6.54 Å². The second-order valence-electron chi connectivity index (χ2n) is 4.52. The van der Waals surface area contributed by atoms with E-state index in [1.165, 1.54) is 16.9 Å². The van der Waals surface area contributed by atoms with Crippen molar-refractivity contribution in [2.24, 2.45) is 5.73 Å². The van der Waals surface area contributed by atoms with Gasteiger partial charge in [0, 0.05) is 18.3 Å². The Balaban J connectivity index is 1.90. The van der Waals surface area contributed by atoms with E-state index in [0.717, 1.165) is 23.4 Å². The lowest BCUT2D eigenvalue weighted by Gasteiger charge is -2.04. The average molecular weight is 289 g/mol. The first-order valence-corrected chi connectivity index (χ1v) is 7.61. The number of rotatable bonds is 6. The summed E-state index contributed by atoms with van der Waals surface area (Å²) < 4.78 is 0. The number of nitrogens with two attached hydrogens (primary N) is 1. The van der Waals surface area contributed by atoms with Crippen LogP contribution in [-0.2, 0) is 19.4 Å². The first kappa shape index (κ1) is 14.7. The maximum atomic E-state index is 12.0.